The minimum absolute atomic E-state index is 0.0325. The van der Waals surface area contributed by atoms with Crippen molar-refractivity contribution in [1.82, 2.24) is 0 Å². The molecule has 0 amide bonds. The molecule has 1 aliphatic heterocycles. The van der Waals surface area contributed by atoms with Gasteiger partial charge < -0.3 is 15.2 Å². The lowest BCUT2D eigenvalue weighted by Crippen LogP contribution is -2.45. The molecule has 1 saturated carbocycles. The minimum Gasteiger partial charge on any atom is -0.490 e. The van der Waals surface area contributed by atoms with Gasteiger partial charge in [0, 0.05) is 5.54 Å². The van der Waals surface area contributed by atoms with E-state index in [0.29, 0.717) is 0 Å². The third-order valence-corrected chi connectivity index (χ3v) is 6.13. The summed E-state index contributed by atoms with van der Waals surface area (Å²) in [6.45, 7) is 2.22. The van der Waals surface area contributed by atoms with Gasteiger partial charge >= 0.3 is 0 Å². The number of rotatable bonds is 5. The average Bonchev–Trinajstić information content (AvgIpc) is 2.70. The van der Waals surface area contributed by atoms with Crippen molar-refractivity contribution < 1.29 is 9.47 Å². The van der Waals surface area contributed by atoms with Crippen LogP contribution in [-0.2, 0) is 6.42 Å². The van der Waals surface area contributed by atoms with Crippen molar-refractivity contribution in [3.05, 3.63) is 59.7 Å². The maximum absolute atomic E-state index is 6.51. The molecule has 2 aromatic rings. The molecule has 3 heteroatoms. The molecule has 0 bridgehead atoms. The van der Waals surface area contributed by atoms with E-state index in [9.17, 15) is 0 Å². The van der Waals surface area contributed by atoms with Crippen molar-refractivity contribution in [1.29, 1.82) is 0 Å². The Balaban J connectivity index is 1.37. The standard InChI is InChI=1S/C24H31NO2/c1-2-14-24(25)15-12-20(13-16-24)26-21-9-11-23-19(17-21)8-10-22(27-23)18-6-4-3-5-7-18/h3-7,9,11,17,20,22H,2,8,10,12-16,25H2,1H3. The largest absolute Gasteiger partial charge is 0.490 e. The number of hydrogen-bond donors (Lipinski definition) is 1. The maximum atomic E-state index is 6.51. The quantitative estimate of drug-likeness (QED) is 0.753. The van der Waals surface area contributed by atoms with Crippen LogP contribution in [0.5, 0.6) is 11.5 Å². The van der Waals surface area contributed by atoms with E-state index < -0.39 is 0 Å². The highest BCUT2D eigenvalue weighted by Crippen LogP contribution is 2.38. The van der Waals surface area contributed by atoms with Gasteiger partial charge in [-0.3, -0.25) is 0 Å². The first kappa shape index (κ1) is 18.4. The van der Waals surface area contributed by atoms with Crippen molar-refractivity contribution in [2.45, 2.75) is 76.0 Å². The van der Waals surface area contributed by atoms with Crippen molar-refractivity contribution >= 4 is 0 Å². The second-order valence-corrected chi connectivity index (χ2v) is 8.25. The van der Waals surface area contributed by atoms with E-state index in [2.05, 4.69) is 49.4 Å². The summed E-state index contributed by atoms with van der Waals surface area (Å²) in [6, 6.07) is 16.8. The van der Waals surface area contributed by atoms with Gasteiger partial charge in [-0.1, -0.05) is 43.7 Å². The molecule has 0 spiro atoms. The Hall–Kier alpha value is -2.00. The van der Waals surface area contributed by atoms with Gasteiger partial charge in [0.15, 0.2) is 0 Å². The summed E-state index contributed by atoms with van der Waals surface area (Å²) < 4.78 is 12.5. The first-order chi connectivity index (χ1) is 13.1. The van der Waals surface area contributed by atoms with E-state index in [1.807, 2.05) is 6.07 Å². The van der Waals surface area contributed by atoms with Gasteiger partial charge in [-0.05, 0) is 74.3 Å². The normalized spacial score (nSPS) is 27.5. The summed E-state index contributed by atoms with van der Waals surface area (Å²) in [5, 5.41) is 0. The van der Waals surface area contributed by atoms with Gasteiger partial charge in [-0.25, -0.2) is 0 Å². The Kier molecular flexibility index (Phi) is 5.40. The average molecular weight is 366 g/mol. The molecular formula is C24H31NO2. The summed E-state index contributed by atoms with van der Waals surface area (Å²) >= 11 is 0. The van der Waals surface area contributed by atoms with Gasteiger partial charge in [0.2, 0.25) is 0 Å². The first-order valence-corrected chi connectivity index (χ1v) is 10.5. The molecule has 1 fully saturated rings. The second-order valence-electron chi connectivity index (χ2n) is 8.25. The highest BCUT2D eigenvalue weighted by atomic mass is 16.5. The Labute approximate surface area is 162 Å². The predicted molar refractivity (Wildman–Crippen MR) is 109 cm³/mol. The van der Waals surface area contributed by atoms with E-state index in [4.69, 9.17) is 15.2 Å². The van der Waals surface area contributed by atoms with Gasteiger partial charge in [0.25, 0.3) is 0 Å². The zero-order chi connectivity index (χ0) is 18.7. The number of fused-ring (bicyclic) bond motifs is 1. The fourth-order valence-corrected chi connectivity index (χ4v) is 4.57. The van der Waals surface area contributed by atoms with Crippen LogP contribution >= 0.6 is 0 Å². The molecule has 1 heterocycles. The molecule has 4 rings (SSSR count). The number of aryl methyl sites for hydroxylation is 1. The fourth-order valence-electron chi connectivity index (χ4n) is 4.57. The third-order valence-electron chi connectivity index (χ3n) is 6.13. The van der Waals surface area contributed by atoms with Crippen LogP contribution in [0, 0.1) is 0 Å². The topological polar surface area (TPSA) is 44.5 Å². The zero-order valence-corrected chi connectivity index (χ0v) is 16.3. The molecule has 2 N–H and O–H groups in total. The Morgan fingerprint density at radius 1 is 1.07 bits per heavy atom. The van der Waals surface area contributed by atoms with Gasteiger partial charge in [-0.2, -0.15) is 0 Å². The van der Waals surface area contributed by atoms with Crippen LogP contribution in [0.4, 0.5) is 0 Å². The number of nitrogens with two attached hydrogens (primary N) is 1. The van der Waals surface area contributed by atoms with Gasteiger partial charge in [0.05, 0.1) is 6.10 Å². The molecular weight excluding hydrogens is 334 g/mol. The van der Waals surface area contributed by atoms with Crippen LogP contribution in [0.25, 0.3) is 0 Å². The SMILES string of the molecule is CCCC1(N)CCC(Oc2ccc3c(c2)CCC(c2ccccc2)O3)CC1. The second kappa shape index (κ2) is 7.93. The van der Waals surface area contributed by atoms with E-state index in [-0.39, 0.29) is 17.7 Å². The molecule has 3 nitrogen and oxygen atoms in total. The highest BCUT2D eigenvalue weighted by Gasteiger charge is 2.32. The summed E-state index contributed by atoms with van der Waals surface area (Å²) in [6.07, 6.45) is 9.01. The van der Waals surface area contributed by atoms with Crippen molar-refractivity contribution in [3.8, 4) is 11.5 Å². The van der Waals surface area contributed by atoms with Crippen LogP contribution in [0.3, 0.4) is 0 Å². The van der Waals surface area contributed by atoms with Crippen LogP contribution in [-0.4, -0.2) is 11.6 Å². The van der Waals surface area contributed by atoms with Crippen molar-refractivity contribution in [2.24, 2.45) is 5.73 Å². The third kappa shape index (κ3) is 4.30. The lowest BCUT2D eigenvalue weighted by molar-refractivity contribution is 0.114. The van der Waals surface area contributed by atoms with Crippen LogP contribution in [0.15, 0.2) is 48.5 Å². The zero-order valence-electron chi connectivity index (χ0n) is 16.3. The number of ether oxygens (including phenoxy) is 2. The Bertz CT molecular complexity index is 750. The maximum Gasteiger partial charge on any atom is 0.124 e. The fraction of sp³-hybridized carbons (Fsp3) is 0.500. The lowest BCUT2D eigenvalue weighted by Gasteiger charge is -2.37. The molecule has 2 aliphatic rings. The number of benzene rings is 2. The molecule has 1 atom stereocenters. The molecule has 0 saturated heterocycles. The predicted octanol–water partition coefficient (Wildman–Crippen LogP) is 5.57. The summed E-state index contributed by atoms with van der Waals surface area (Å²) in [5.41, 5.74) is 9.05. The Morgan fingerprint density at radius 2 is 1.85 bits per heavy atom. The Morgan fingerprint density at radius 3 is 2.59 bits per heavy atom. The van der Waals surface area contributed by atoms with Crippen molar-refractivity contribution in [2.75, 3.05) is 0 Å². The van der Waals surface area contributed by atoms with Crippen molar-refractivity contribution in [3.63, 3.8) is 0 Å². The lowest BCUT2D eigenvalue weighted by atomic mass is 9.78. The smallest absolute Gasteiger partial charge is 0.124 e. The molecule has 0 aromatic heterocycles. The van der Waals surface area contributed by atoms with Crippen LogP contribution in [0.1, 0.15) is 69.1 Å². The van der Waals surface area contributed by atoms with E-state index >= 15 is 0 Å². The van der Waals surface area contributed by atoms with Gasteiger partial charge in [0.1, 0.15) is 17.6 Å². The molecule has 27 heavy (non-hydrogen) atoms. The minimum atomic E-state index is 0.0325. The molecule has 2 aromatic carbocycles. The van der Waals surface area contributed by atoms with Crippen LogP contribution in [0.2, 0.25) is 0 Å². The van der Waals surface area contributed by atoms with E-state index in [0.717, 1.165) is 62.9 Å². The highest BCUT2D eigenvalue weighted by molar-refractivity contribution is 5.42. The molecule has 144 valence electrons. The van der Waals surface area contributed by atoms with E-state index in [1.165, 1.54) is 11.1 Å². The van der Waals surface area contributed by atoms with Gasteiger partial charge in [-0.15, -0.1) is 0 Å². The summed E-state index contributed by atoms with van der Waals surface area (Å²) in [5.74, 6) is 1.97. The molecule has 1 unspecified atom stereocenters. The molecule has 0 radical (unpaired) electrons. The summed E-state index contributed by atoms with van der Waals surface area (Å²) in [4.78, 5) is 0. The summed E-state index contributed by atoms with van der Waals surface area (Å²) in [7, 11) is 0. The first-order valence-electron chi connectivity index (χ1n) is 10.5. The van der Waals surface area contributed by atoms with Crippen LogP contribution < -0.4 is 15.2 Å². The molecule has 1 aliphatic carbocycles. The monoisotopic (exact) mass is 365 g/mol. The number of hydrogen-bond acceptors (Lipinski definition) is 3. The van der Waals surface area contributed by atoms with E-state index in [1.54, 1.807) is 0 Å².